The summed E-state index contributed by atoms with van der Waals surface area (Å²) in [5, 5.41) is 4.41. The molecular formula is C30H38FN5O2Si-. The van der Waals surface area contributed by atoms with E-state index >= 15 is 4.39 Å². The minimum absolute atomic E-state index is 0.0687. The molecular weight excluding hydrogens is 509 g/mol. The number of hydrogen-bond acceptors (Lipinski definition) is 7. The minimum Gasteiger partial charge on any atom is -0.561 e. The van der Waals surface area contributed by atoms with Crippen molar-refractivity contribution in [3.8, 4) is 11.1 Å². The maximum atomic E-state index is 15.4. The van der Waals surface area contributed by atoms with Gasteiger partial charge in [-0.05, 0) is 13.9 Å². The molecule has 39 heavy (non-hydrogen) atoms. The molecule has 5 rings (SSSR count). The van der Waals surface area contributed by atoms with Crippen LogP contribution in [0, 0.1) is 5.82 Å². The Morgan fingerprint density at radius 2 is 1.69 bits per heavy atom. The quantitative estimate of drug-likeness (QED) is 0.246. The normalized spacial score (nSPS) is 16.6. The van der Waals surface area contributed by atoms with Gasteiger partial charge in [-0.3, -0.25) is 4.90 Å². The summed E-state index contributed by atoms with van der Waals surface area (Å²) in [6.07, 6.45) is 3.50. The summed E-state index contributed by atoms with van der Waals surface area (Å²) in [7, 11) is -1.98. The van der Waals surface area contributed by atoms with Crippen molar-refractivity contribution in [3.63, 3.8) is 0 Å². The Morgan fingerprint density at radius 1 is 1.00 bits per heavy atom. The van der Waals surface area contributed by atoms with Gasteiger partial charge in [0.1, 0.15) is 5.82 Å². The first kappa shape index (κ1) is 27.4. The van der Waals surface area contributed by atoms with Gasteiger partial charge in [-0.2, -0.15) is 0 Å². The summed E-state index contributed by atoms with van der Waals surface area (Å²) in [4.78, 5) is 19.1. The highest BCUT2D eigenvalue weighted by Gasteiger charge is 2.30. The monoisotopic (exact) mass is 547 g/mol. The van der Waals surface area contributed by atoms with Crippen LogP contribution in [-0.2, 0) is 22.4 Å². The molecule has 3 aromatic rings. The first-order valence-electron chi connectivity index (χ1n) is 13.6. The number of aromatic nitrogens is 2. The van der Waals surface area contributed by atoms with Gasteiger partial charge < -0.3 is 14.2 Å². The van der Waals surface area contributed by atoms with Crippen molar-refractivity contribution < 1.29 is 13.7 Å². The highest BCUT2D eigenvalue weighted by atomic mass is 28.4. The zero-order chi connectivity index (χ0) is 27.6. The smallest absolute Gasteiger partial charge is 0.225 e. The molecule has 0 bridgehead atoms. The van der Waals surface area contributed by atoms with E-state index in [2.05, 4.69) is 78.2 Å². The van der Waals surface area contributed by atoms with Gasteiger partial charge in [-0.25, -0.2) is 14.4 Å². The number of halogens is 1. The average molecular weight is 548 g/mol. The van der Waals surface area contributed by atoms with Crippen molar-refractivity contribution in [1.82, 2.24) is 14.9 Å². The molecule has 0 aliphatic carbocycles. The first-order valence-corrected chi connectivity index (χ1v) is 16.5. The van der Waals surface area contributed by atoms with Crippen molar-refractivity contribution in [2.75, 3.05) is 31.1 Å². The second-order valence-corrected chi connectivity index (χ2v) is 16.8. The zero-order valence-electron chi connectivity index (χ0n) is 23.5. The highest BCUT2D eigenvalue weighted by Crippen LogP contribution is 2.37. The molecule has 207 valence electrons. The molecule has 0 amide bonds. The van der Waals surface area contributed by atoms with Gasteiger partial charge in [0.2, 0.25) is 5.95 Å². The van der Waals surface area contributed by atoms with Crippen molar-refractivity contribution in [3.05, 3.63) is 77.9 Å². The lowest BCUT2D eigenvalue weighted by Gasteiger charge is -2.48. The van der Waals surface area contributed by atoms with Crippen molar-refractivity contribution in [1.29, 1.82) is 0 Å². The number of benzene rings is 2. The molecule has 7 nitrogen and oxygen atoms in total. The third-order valence-corrected chi connectivity index (χ3v) is 12.4. The Bertz CT molecular complexity index is 1300. The number of nitrogens with zero attached hydrogens (tertiary/aromatic N) is 5. The van der Waals surface area contributed by atoms with E-state index in [-0.39, 0.29) is 23.6 Å². The molecule has 0 N–H and O–H groups in total. The van der Waals surface area contributed by atoms with Crippen LogP contribution in [0.25, 0.3) is 11.1 Å². The number of likely N-dealkylation sites (tertiary alicyclic amines) is 1. The van der Waals surface area contributed by atoms with Crippen molar-refractivity contribution in [2.24, 2.45) is 5.16 Å². The van der Waals surface area contributed by atoms with Crippen LogP contribution >= 0.6 is 0 Å². The molecule has 0 unspecified atom stereocenters. The maximum Gasteiger partial charge on any atom is 0.225 e. The summed E-state index contributed by atoms with van der Waals surface area (Å²) >= 11 is 0. The number of oxime groups is 1. The third-order valence-electron chi connectivity index (χ3n) is 7.96. The van der Waals surface area contributed by atoms with Crippen LogP contribution in [0.2, 0.25) is 18.1 Å². The van der Waals surface area contributed by atoms with E-state index in [1.165, 1.54) is 5.56 Å². The Morgan fingerprint density at radius 3 is 2.36 bits per heavy atom. The molecule has 2 aromatic carbocycles. The molecule has 0 saturated carbocycles. The van der Waals surface area contributed by atoms with Crippen LogP contribution in [-0.4, -0.2) is 61.2 Å². The zero-order valence-corrected chi connectivity index (χ0v) is 24.5. The van der Waals surface area contributed by atoms with E-state index in [0.29, 0.717) is 35.7 Å². The molecule has 3 heterocycles. The van der Waals surface area contributed by atoms with E-state index in [9.17, 15) is 0 Å². The molecule has 0 radical (unpaired) electrons. The van der Waals surface area contributed by atoms with Gasteiger partial charge in [0.05, 0.1) is 18.8 Å². The van der Waals surface area contributed by atoms with Crippen LogP contribution in [0.5, 0.6) is 0 Å². The topological polar surface area (TPSA) is 63.1 Å². The van der Waals surface area contributed by atoms with E-state index in [0.717, 1.165) is 25.3 Å². The number of hydrogen-bond donors (Lipinski definition) is 0. The lowest BCUT2D eigenvalue weighted by molar-refractivity contribution is -0.0566. The fourth-order valence-electron chi connectivity index (χ4n) is 4.31. The second kappa shape index (κ2) is 11.2. The van der Waals surface area contributed by atoms with E-state index in [4.69, 9.17) is 9.26 Å². The van der Waals surface area contributed by atoms with Gasteiger partial charge in [0.25, 0.3) is 0 Å². The highest BCUT2D eigenvalue weighted by molar-refractivity contribution is 6.74. The Balaban J connectivity index is 1.11. The van der Waals surface area contributed by atoms with Gasteiger partial charge in [-0.1, -0.05) is 74.5 Å². The van der Waals surface area contributed by atoms with E-state index in [1.54, 1.807) is 24.5 Å². The first-order chi connectivity index (χ1) is 18.6. The van der Waals surface area contributed by atoms with E-state index < -0.39 is 8.32 Å². The summed E-state index contributed by atoms with van der Waals surface area (Å²) in [5.41, 5.74) is 3.98. The van der Waals surface area contributed by atoms with Crippen molar-refractivity contribution in [2.45, 2.75) is 58.2 Å². The number of anilines is 1. The molecule has 0 spiro atoms. The average Bonchev–Trinajstić information content (AvgIpc) is 2.86. The standard InChI is InChI=1S/C30H38FN5O2Si/c1-30(2,3)39(4,5)37-21-23-12-9-13-27(28(23)31)24-14-32-29(33-15-24)36-17-25(18-36)34-38-26-19-35(20-26)16-22-10-7-6-8-11-22/h6-15,26H,16-21H2,1-5H3/q-1. The van der Waals surface area contributed by atoms with Crippen LogP contribution in [0.3, 0.4) is 0 Å². The largest absolute Gasteiger partial charge is 0.561 e. The SMILES string of the molecule is CC(C)(C)[Si-](C)(C)OCc1cccc(-c2cnc(N3CC(=NOC4CN(Cc5ccccc5)C4)C3)nc2)c1F. The lowest BCUT2D eigenvalue weighted by atomic mass is 10.1. The van der Waals surface area contributed by atoms with E-state index in [1.807, 2.05) is 17.0 Å². The van der Waals surface area contributed by atoms with Gasteiger partial charge in [-0.15, -0.1) is 18.1 Å². The van der Waals surface area contributed by atoms with Crippen molar-refractivity contribution >= 4 is 20.0 Å². The molecule has 0 atom stereocenters. The van der Waals surface area contributed by atoms with Crippen LogP contribution in [0.15, 0.2) is 66.1 Å². The Labute approximate surface area is 231 Å². The van der Waals surface area contributed by atoms with Gasteiger partial charge >= 0.3 is 0 Å². The second-order valence-electron chi connectivity index (χ2n) is 12.0. The lowest BCUT2D eigenvalue weighted by Crippen LogP contribution is -2.52. The summed E-state index contributed by atoms with van der Waals surface area (Å²) in [6.45, 7) is 15.1. The van der Waals surface area contributed by atoms with Gasteiger partial charge in [0.15, 0.2) is 6.10 Å². The fourth-order valence-corrected chi connectivity index (χ4v) is 5.26. The molecule has 9 heteroatoms. The third kappa shape index (κ3) is 6.37. The fraction of sp³-hybridized carbons (Fsp3) is 0.433. The molecule has 2 saturated heterocycles. The maximum absolute atomic E-state index is 15.4. The predicted octanol–water partition coefficient (Wildman–Crippen LogP) is 5.88. The summed E-state index contributed by atoms with van der Waals surface area (Å²) in [5.74, 6) is 0.328. The summed E-state index contributed by atoms with van der Waals surface area (Å²) in [6, 6.07) is 15.9. The predicted molar refractivity (Wildman–Crippen MR) is 156 cm³/mol. The van der Waals surface area contributed by atoms with Crippen LogP contribution < -0.4 is 4.90 Å². The Hall–Kier alpha value is -3.14. The number of rotatable bonds is 9. The van der Waals surface area contributed by atoms with Crippen LogP contribution in [0.1, 0.15) is 31.9 Å². The minimum atomic E-state index is -1.98. The van der Waals surface area contributed by atoms with Gasteiger partial charge in [0, 0.05) is 55.3 Å². The molecule has 2 fully saturated rings. The Kier molecular flexibility index (Phi) is 7.84. The molecule has 1 aromatic heterocycles. The van der Waals surface area contributed by atoms with Crippen LogP contribution in [0.4, 0.5) is 10.3 Å². The summed E-state index contributed by atoms with van der Waals surface area (Å²) < 4.78 is 21.6. The molecule has 2 aliphatic rings. The molecule has 2 aliphatic heterocycles.